The number of rotatable bonds is 1. The predicted molar refractivity (Wildman–Crippen MR) is 68.5 cm³/mol. The Morgan fingerprint density at radius 1 is 0.700 bits per heavy atom. The Labute approximate surface area is 115 Å². The molecule has 0 saturated carbocycles. The van der Waals surface area contributed by atoms with Crippen molar-refractivity contribution in [3.63, 3.8) is 0 Å². The molecule has 1 rings (SSSR count). The van der Waals surface area contributed by atoms with Crippen LogP contribution in [0.3, 0.4) is 0 Å². The van der Waals surface area contributed by atoms with Crippen LogP contribution in [0, 0.1) is 0 Å². The maximum absolute atomic E-state index is 12.3. The van der Waals surface area contributed by atoms with E-state index in [0.29, 0.717) is 0 Å². The molecule has 118 valence electrons. The standard InChI is InChI=1S/C10H8F6.2C2H6/c1-2-6-3-7(9(11,12)13)5-8(4-6)10(14,15)16;2*1-2/h3-5H,2H2,1H3;2*1-2H3. The summed E-state index contributed by atoms with van der Waals surface area (Å²) >= 11 is 0. The highest BCUT2D eigenvalue weighted by molar-refractivity contribution is 5.33. The molecule has 0 unspecified atom stereocenters. The second-order valence-corrected chi connectivity index (χ2v) is 3.27. The molecule has 0 bridgehead atoms. The van der Waals surface area contributed by atoms with E-state index in [1.807, 2.05) is 27.7 Å². The molecule has 0 aliphatic carbocycles. The average molecular weight is 302 g/mol. The van der Waals surface area contributed by atoms with Gasteiger partial charge >= 0.3 is 12.4 Å². The Bertz CT molecular complexity index is 344. The normalized spacial score (nSPS) is 10.9. The van der Waals surface area contributed by atoms with E-state index in [2.05, 4.69) is 0 Å². The maximum atomic E-state index is 12.3. The number of hydrogen-bond donors (Lipinski definition) is 0. The van der Waals surface area contributed by atoms with E-state index in [-0.39, 0.29) is 18.1 Å². The van der Waals surface area contributed by atoms with Gasteiger partial charge in [0.1, 0.15) is 0 Å². The number of hydrogen-bond acceptors (Lipinski definition) is 0. The SMILES string of the molecule is CC.CC.CCc1cc(C(F)(F)F)cc(C(F)(F)F)c1. The van der Waals surface area contributed by atoms with Gasteiger partial charge in [0.25, 0.3) is 0 Å². The Morgan fingerprint density at radius 3 is 1.20 bits per heavy atom. The maximum Gasteiger partial charge on any atom is 0.416 e. The third-order valence-corrected chi connectivity index (χ3v) is 2.06. The van der Waals surface area contributed by atoms with Crippen molar-refractivity contribution in [3.05, 3.63) is 34.9 Å². The van der Waals surface area contributed by atoms with Gasteiger partial charge in [0.2, 0.25) is 0 Å². The summed E-state index contributed by atoms with van der Waals surface area (Å²) in [5.74, 6) is 0. The minimum absolute atomic E-state index is 0.0159. The monoisotopic (exact) mass is 302 g/mol. The zero-order valence-electron chi connectivity index (χ0n) is 12.2. The summed E-state index contributed by atoms with van der Waals surface area (Å²) in [4.78, 5) is 0. The lowest BCUT2D eigenvalue weighted by atomic mass is 10.0. The van der Waals surface area contributed by atoms with Gasteiger partial charge in [-0.25, -0.2) is 0 Å². The lowest BCUT2D eigenvalue weighted by Gasteiger charge is -2.13. The fourth-order valence-electron chi connectivity index (χ4n) is 1.22. The highest BCUT2D eigenvalue weighted by Crippen LogP contribution is 2.36. The highest BCUT2D eigenvalue weighted by atomic mass is 19.4. The van der Waals surface area contributed by atoms with E-state index in [0.717, 1.165) is 12.1 Å². The van der Waals surface area contributed by atoms with Crippen LogP contribution in [0.2, 0.25) is 0 Å². The summed E-state index contributed by atoms with van der Waals surface area (Å²) in [6.45, 7) is 9.50. The molecule has 0 radical (unpaired) electrons. The van der Waals surface area contributed by atoms with E-state index in [9.17, 15) is 26.3 Å². The molecule has 0 amide bonds. The van der Waals surface area contributed by atoms with E-state index in [4.69, 9.17) is 0 Å². The second-order valence-electron chi connectivity index (χ2n) is 3.27. The van der Waals surface area contributed by atoms with Crippen molar-refractivity contribution in [2.24, 2.45) is 0 Å². The molecular weight excluding hydrogens is 282 g/mol. The van der Waals surface area contributed by atoms with Gasteiger partial charge in [-0.2, -0.15) is 26.3 Å². The molecule has 0 aliphatic rings. The van der Waals surface area contributed by atoms with Gasteiger partial charge in [-0.1, -0.05) is 34.6 Å². The molecule has 20 heavy (non-hydrogen) atoms. The van der Waals surface area contributed by atoms with Gasteiger partial charge in [0.15, 0.2) is 0 Å². The smallest absolute Gasteiger partial charge is 0.166 e. The zero-order chi connectivity index (χ0) is 16.6. The topological polar surface area (TPSA) is 0 Å². The van der Waals surface area contributed by atoms with E-state index < -0.39 is 23.5 Å². The number of benzene rings is 1. The average Bonchev–Trinajstić information content (AvgIpc) is 2.41. The van der Waals surface area contributed by atoms with Crippen LogP contribution in [0.4, 0.5) is 26.3 Å². The fourth-order valence-corrected chi connectivity index (χ4v) is 1.22. The van der Waals surface area contributed by atoms with Crippen LogP contribution in [0.5, 0.6) is 0 Å². The molecule has 0 aliphatic heterocycles. The van der Waals surface area contributed by atoms with Crippen molar-refractivity contribution in [3.8, 4) is 0 Å². The summed E-state index contributed by atoms with van der Waals surface area (Å²) in [5.41, 5.74) is -2.51. The zero-order valence-corrected chi connectivity index (χ0v) is 12.2. The molecule has 1 aromatic rings. The van der Waals surface area contributed by atoms with Crippen LogP contribution in [0.25, 0.3) is 0 Å². The summed E-state index contributed by atoms with van der Waals surface area (Å²) in [6, 6.07) is 1.59. The Kier molecular flexibility index (Phi) is 9.36. The van der Waals surface area contributed by atoms with Gasteiger partial charge in [-0.15, -0.1) is 0 Å². The van der Waals surface area contributed by atoms with Gasteiger partial charge < -0.3 is 0 Å². The lowest BCUT2D eigenvalue weighted by molar-refractivity contribution is -0.143. The van der Waals surface area contributed by atoms with E-state index in [1.54, 1.807) is 0 Å². The third kappa shape index (κ3) is 6.82. The Hall–Kier alpha value is -1.20. The van der Waals surface area contributed by atoms with Crippen LogP contribution >= 0.6 is 0 Å². The molecule has 1 aromatic carbocycles. The molecule has 0 N–H and O–H groups in total. The molecule has 0 spiro atoms. The predicted octanol–water partition coefficient (Wildman–Crippen LogP) is 6.34. The molecule has 6 heteroatoms. The third-order valence-electron chi connectivity index (χ3n) is 2.06. The van der Waals surface area contributed by atoms with Gasteiger partial charge in [0.05, 0.1) is 11.1 Å². The second kappa shape index (κ2) is 8.87. The van der Waals surface area contributed by atoms with E-state index in [1.165, 1.54) is 6.92 Å². The number of aryl methyl sites for hydroxylation is 1. The Balaban J connectivity index is 0. The van der Waals surface area contributed by atoms with Crippen molar-refractivity contribution in [2.45, 2.75) is 53.4 Å². The van der Waals surface area contributed by atoms with Crippen LogP contribution in [-0.4, -0.2) is 0 Å². The van der Waals surface area contributed by atoms with Gasteiger partial charge in [-0.05, 0) is 30.2 Å². The fraction of sp³-hybridized carbons (Fsp3) is 0.571. The van der Waals surface area contributed by atoms with Crippen molar-refractivity contribution in [2.75, 3.05) is 0 Å². The molecular formula is C14H20F6. The first-order valence-electron chi connectivity index (χ1n) is 6.43. The first kappa shape index (κ1) is 21.1. The van der Waals surface area contributed by atoms with Crippen LogP contribution in [0.1, 0.15) is 51.3 Å². The molecule has 0 nitrogen and oxygen atoms in total. The summed E-state index contributed by atoms with van der Waals surface area (Å²) in [6.07, 6.45) is -9.40. The number of halogens is 6. The largest absolute Gasteiger partial charge is 0.416 e. The van der Waals surface area contributed by atoms with Crippen molar-refractivity contribution in [1.82, 2.24) is 0 Å². The summed E-state index contributed by atoms with van der Waals surface area (Å²) < 4.78 is 73.8. The van der Waals surface area contributed by atoms with Crippen molar-refractivity contribution >= 4 is 0 Å². The van der Waals surface area contributed by atoms with E-state index >= 15 is 0 Å². The number of alkyl halides is 6. The van der Waals surface area contributed by atoms with Crippen LogP contribution in [-0.2, 0) is 18.8 Å². The Morgan fingerprint density at radius 2 is 1.00 bits per heavy atom. The molecule has 0 atom stereocenters. The molecule has 0 saturated heterocycles. The summed E-state index contributed by atoms with van der Waals surface area (Å²) in [7, 11) is 0. The lowest BCUT2D eigenvalue weighted by Crippen LogP contribution is -2.11. The summed E-state index contributed by atoms with van der Waals surface area (Å²) in [5, 5.41) is 0. The van der Waals surface area contributed by atoms with Gasteiger partial charge in [-0.3, -0.25) is 0 Å². The molecule has 0 heterocycles. The first-order valence-corrected chi connectivity index (χ1v) is 6.43. The van der Waals surface area contributed by atoms with Gasteiger partial charge in [0, 0.05) is 0 Å². The van der Waals surface area contributed by atoms with Crippen molar-refractivity contribution in [1.29, 1.82) is 0 Å². The van der Waals surface area contributed by atoms with Crippen LogP contribution < -0.4 is 0 Å². The minimum Gasteiger partial charge on any atom is -0.166 e. The van der Waals surface area contributed by atoms with Crippen LogP contribution in [0.15, 0.2) is 18.2 Å². The molecule has 0 fully saturated rings. The first-order chi connectivity index (χ1) is 9.14. The molecule has 0 aromatic heterocycles. The minimum atomic E-state index is -4.76. The highest BCUT2D eigenvalue weighted by Gasteiger charge is 2.36. The quantitative estimate of drug-likeness (QED) is 0.531. The van der Waals surface area contributed by atoms with Crippen molar-refractivity contribution < 1.29 is 26.3 Å².